The molecule has 2 aromatic rings. The van der Waals surface area contributed by atoms with Crippen LogP contribution in [0.2, 0.25) is 0 Å². The monoisotopic (exact) mass is 287 g/mol. The largest absolute Gasteiger partial charge is 0.478 e. The SMILES string of the molecule is CC(=O)Nc1cccc(Sc2ccccc2)c1C(=O)O. The number of amides is 1. The zero-order valence-electron chi connectivity index (χ0n) is 10.8. The molecule has 0 atom stereocenters. The summed E-state index contributed by atoms with van der Waals surface area (Å²) in [4.78, 5) is 24.1. The molecule has 0 bridgehead atoms. The van der Waals surface area contributed by atoms with Crippen molar-refractivity contribution in [1.29, 1.82) is 0 Å². The second-order valence-electron chi connectivity index (χ2n) is 4.08. The summed E-state index contributed by atoms with van der Waals surface area (Å²) in [5.74, 6) is -1.36. The molecule has 102 valence electrons. The van der Waals surface area contributed by atoms with Crippen molar-refractivity contribution in [3.8, 4) is 0 Å². The predicted molar refractivity (Wildman–Crippen MR) is 78.3 cm³/mol. The van der Waals surface area contributed by atoms with Gasteiger partial charge in [-0.25, -0.2) is 4.79 Å². The van der Waals surface area contributed by atoms with E-state index < -0.39 is 5.97 Å². The van der Waals surface area contributed by atoms with Gasteiger partial charge in [-0.3, -0.25) is 4.79 Å². The molecule has 0 aliphatic carbocycles. The average molecular weight is 287 g/mol. The molecule has 0 saturated heterocycles. The summed E-state index contributed by atoms with van der Waals surface area (Å²) in [6.07, 6.45) is 0. The predicted octanol–water partition coefficient (Wildman–Crippen LogP) is 3.49. The fourth-order valence-corrected chi connectivity index (χ4v) is 2.74. The summed E-state index contributed by atoms with van der Waals surface area (Å²) in [6.45, 7) is 1.35. The third-order valence-corrected chi connectivity index (χ3v) is 3.59. The fourth-order valence-electron chi connectivity index (χ4n) is 1.75. The Bertz CT molecular complexity index is 641. The van der Waals surface area contributed by atoms with Crippen LogP contribution < -0.4 is 5.32 Å². The Balaban J connectivity index is 2.42. The number of hydrogen-bond acceptors (Lipinski definition) is 3. The van der Waals surface area contributed by atoms with Crippen LogP contribution in [0.4, 0.5) is 5.69 Å². The number of carboxylic acids is 1. The first kappa shape index (κ1) is 14.1. The van der Waals surface area contributed by atoms with Crippen molar-refractivity contribution in [2.75, 3.05) is 5.32 Å². The number of carbonyl (C=O) groups excluding carboxylic acids is 1. The van der Waals surface area contributed by atoms with Gasteiger partial charge < -0.3 is 10.4 Å². The highest BCUT2D eigenvalue weighted by Crippen LogP contribution is 2.33. The van der Waals surface area contributed by atoms with Crippen LogP contribution in [-0.4, -0.2) is 17.0 Å². The number of benzene rings is 2. The quantitative estimate of drug-likeness (QED) is 0.903. The molecule has 0 heterocycles. The normalized spacial score (nSPS) is 10.1. The molecule has 2 rings (SSSR count). The number of carboxylic acid groups (broad SMARTS) is 1. The minimum atomic E-state index is -1.06. The maximum absolute atomic E-state index is 11.4. The zero-order chi connectivity index (χ0) is 14.5. The van der Waals surface area contributed by atoms with E-state index in [1.165, 1.54) is 18.7 Å². The van der Waals surface area contributed by atoms with Gasteiger partial charge in [-0.2, -0.15) is 0 Å². The molecule has 4 nitrogen and oxygen atoms in total. The Morgan fingerprint density at radius 1 is 1.05 bits per heavy atom. The highest BCUT2D eigenvalue weighted by molar-refractivity contribution is 7.99. The van der Waals surface area contributed by atoms with Crippen molar-refractivity contribution in [3.05, 3.63) is 54.1 Å². The van der Waals surface area contributed by atoms with Crippen molar-refractivity contribution in [3.63, 3.8) is 0 Å². The molecule has 0 aliphatic rings. The Morgan fingerprint density at radius 2 is 1.75 bits per heavy atom. The second-order valence-corrected chi connectivity index (χ2v) is 5.20. The summed E-state index contributed by atoms with van der Waals surface area (Å²) in [5.41, 5.74) is 0.419. The van der Waals surface area contributed by atoms with E-state index in [-0.39, 0.29) is 11.5 Å². The number of rotatable bonds is 4. The average Bonchev–Trinajstić information content (AvgIpc) is 2.39. The summed E-state index contributed by atoms with van der Waals surface area (Å²) < 4.78 is 0. The third kappa shape index (κ3) is 3.39. The van der Waals surface area contributed by atoms with Crippen LogP contribution in [0.3, 0.4) is 0 Å². The smallest absolute Gasteiger partial charge is 0.338 e. The lowest BCUT2D eigenvalue weighted by Gasteiger charge is -2.11. The van der Waals surface area contributed by atoms with Crippen LogP contribution in [0.15, 0.2) is 58.3 Å². The molecule has 20 heavy (non-hydrogen) atoms. The van der Waals surface area contributed by atoms with Gasteiger partial charge in [0.1, 0.15) is 0 Å². The van der Waals surface area contributed by atoms with E-state index in [0.29, 0.717) is 10.6 Å². The minimum Gasteiger partial charge on any atom is -0.478 e. The maximum Gasteiger partial charge on any atom is 0.338 e. The lowest BCUT2D eigenvalue weighted by atomic mass is 10.2. The fraction of sp³-hybridized carbons (Fsp3) is 0.0667. The number of aromatic carboxylic acids is 1. The van der Waals surface area contributed by atoms with Crippen LogP contribution >= 0.6 is 11.8 Å². The number of nitrogens with one attached hydrogen (secondary N) is 1. The summed E-state index contributed by atoms with van der Waals surface area (Å²) in [6, 6.07) is 14.5. The highest BCUT2D eigenvalue weighted by atomic mass is 32.2. The number of carbonyl (C=O) groups is 2. The molecule has 1 amide bonds. The third-order valence-electron chi connectivity index (χ3n) is 2.52. The van der Waals surface area contributed by atoms with Crippen molar-refractivity contribution in [2.45, 2.75) is 16.7 Å². The van der Waals surface area contributed by atoms with E-state index in [1.807, 2.05) is 30.3 Å². The zero-order valence-corrected chi connectivity index (χ0v) is 11.6. The Morgan fingerprint density at radius 3 is 2.35 bits per heavy atom. The molecular formula is C15H13NO3S. The lowest BCUT2D eigenvalue weighted by molar-refractivity contribution is -0.114. The van der Waals surface area contributed by atoms with E-state index in [2.05, 4.69) is 5.32 Å². The first-order valence-electron chi connectivity index (χ1n) is 5.94. The molecule has 2 N–H and O–H groups in total. The van der Waals surface area contributed by atoms with Gasteiger partial charge in [-0.15, -0.1) is 0 Å². The topological polar surface area (TPSA) is 66.4 Å². The molecule has 5 heteroatoms. The Labute approximate surface area is 120 Å². The molecule has 0 radical (unpaired) electrons. The molecule has 0 spiro atoms. The first-order chi connectivity index (χ1) is 9.58. The minimum absolute atomic E-state index is 0.108. The summed E-state index contributed by atoms with van der Waals surface area (Å²) in [5, 5.41) is 11.9. The molecule has 2 aromatic carbocycles. The molecule has 0 aliphatic heterocycles. The van der Waals surface area contributed by atoms with E-state index >= 15 is 0 Å². The molecule has 0 fully saturated rings. The summed E-state index contributed by atoms with van der Waals surface area (Å²) in [7, 11) is 0. The van der Waals surface area contributed by atoms with Gasteiger partial charge >= 0.3 is 5.97 Å². The Kier molecular flexibility index (Phi) is 4.42. The molecule has 0 aromatic heterocycles. The van der Waals surface area contributed by atoms with Gasteiger partial charge in [0, 0.05) is 16.7 Å². The van der Waals surface area contributed by atoms with Gasteiger partial charge in [0.2, 0.25) is 5.91 Å². The van der Waals surface area contributed by atoms with Gasteiger partial charge in [-0.05, 0) is 24.3 Å². The highest BCUT2D eigenvalue weighted by Gasteiger charge is 2.17. The number of hydrogen-bond donors (Lipinski definition) is 2. The summed E-state index contributed by atoms with van der Waals surface area (Å²) >= 11 is 1.35. The first-order valence-corrected chi connectivity index (χ1v) is 6.76. The van der Waals surface area contributed by atoms with E-state index in [0.717, 1.165) is 4.90 Å². The van der Waals surface area contributed by atoms with Crippen LogP contribution in [0.1, 0.15) is 17.3 Å². The maximum atomic E-state index is 11.4. The van der Waals surface area contributed by atoms with Crippen LogP contribution in [0, 0.1) is 0 Å². The van der Waals surface area contributed by atoms with Crippen molar-refractivity contribution < 1.29 is 14.7 Å². The van der Waals surface area contributed by atoms with Crippen molar-refractivity contribution in [1.82, 2.24) is 0 Å². The standard InChI is InChI=1S/C15H13NO3S/c1-10(17)16-12-8-5-9-13(14(12)15(18)19)20-11-6-3-2-4-7-11/h2-9H,1H3,(H,16,17)(H,18,19). The van der Waals surface area contributed by atoms with Crippen LogP contribution in [-0.2, 0) is 4.79 Å². The van der Waals surface area contributed by atoms with E-state index in [9.17, 15) is 14.7 Å². The Hall–Kier alpha value is -2.27. The van der Waals surface area contributed by atoms with E-state index in [4.69, 9.17) is 0 Å². The molecule has 0 saturated carbocycles. The van der Waals surface area contributed by atoms with Crippen molar-refractivity contribution >= 4 is 29.3 Å². The van der Waals surface area contributed by atoms with Crippen LogP contribution in [0.25, 0.3) is 0 Å². The van der Waals surface area contributed by atoms with E-state index in [1.54, 1.807) is 18.2 Å². The molecular weight excluding hydrogens is 274 g/mol. The molecule has 0 unspecified atom stereocenters. The van der Waals surface area contributed by atoms with Gasteiger partial charge in [0.15, 0.2) is 0 Å². The van der Waals surface area contributed by atoms with Crippen molar-refractivity contribution in [2.24, 2.45) is 0 Å². The number of anilines is 1. The van der Waals surface area contributed by atoms with Gasteiger partial charge in [-0.1, -0.05) is 36.0 Å². The van der Waals surface area contributed by atoms with Crippen LogP contribution in [0.5, 0.6) is 0 Å². The van der Waals surface area contributed by atoms with Gasteiger partial charge in [0.05, 0.1) is 11.3 Å². The van der Waals surface area contributed by atoms with Gasteiger partial charge in [0.25, 0.3) is 0 Å². The lowest BCUT2D eigenvalue weighted by Crippen LogP contribution is -2.11. The second kappa shape index (κ2) is 6.25.